The topological polar surface area (TPSA) is 102 Å². The molecule has 2 N–H and O–H groups in total. The Morgan fingerprint density at radius 1 is 1.11 bits per heavy atom. The monoisotopic (exact) mass is 404 g/mol. The number of anilines is 1. The Bertz CT molecular complexity index is 809. The van der Waals surface area contributed by atoms with E-state index in [1.807, 2.05) is 30.3 Å². The molecule has 0 aliphatic rings. The summed E-state index contributed by atoms with van der Waals surface area (Å²) in [6, 6.07) is 15.0. The summed E-state index contributed by atoms with van der Waals surface area (Å²) in [5, 5.41) is 11.6. The number of hydrogen-bond donors (Lipinski definition) is 2. The molecule has 148 valence electrons. The summed E-state index contributed by atoms with van der Waals surface area (Å²) < 4.78 is 23.2. The van der Waals surface area contributed by atoms with Gasteiger partial charge in [-0.15, -0.1) is 4.52 Å². The second-order valence-electron chi connectivity index (χ2n) is 6.00. The quantitative estimate of drug-likeness (QED) is 0.579. The Morgan fingerprint density at radius 3 is 2.32 bits per heavy atom. The van der Waals surface area contributed by atoms with Gasteiger partial charge in [0, 0.05) is 25.6 Å². The van der Waals surface area contributed by atoms with Crippen LogP contribution in [0.1, 0.15) is 29.8 Å². The first kappa shape index (κ1) is 21.7. The van der Waals surface area contributed by atoms with E-state index in [-0.39, 0.29) is 12.0 Å². The van der Waals surface area contributed by atoms with Gasteiger partial charge in [0.15, 0.2) is 6.10 Å². The van der Waals surface area contributed by atoms with E-state index >= 15 is 0 Å². The number of nitrogens with one attached hydrogen (secondary N) is 1. The maximum atomic E-state index is 12.7. The van der Waals surface area contributed by atoms with Gasteiger partial charge in [-0.25, -0.2) is 4.79 Å². The van der Waals surface area contributed by atoms with Gasteiger partial charge in [-0.1, -0.05) is 30.3 Å². The molecular weight excluding hydrogens is 381 g/mol. The third-order valence-electron chi connectivity index (χ3n) is 3.89. The molecule has 0 heterocycles. The van der Waals surface area contributed by atoms with Crippen molar-refractivity contribution in [2.24, 2.45) is 0 Å². The van der Waals surface area contributed by atoms with Crippen LogP contribution in [0.3, 0.4) is 0 Å². The Kier molecular flexibility index (Phi) is 8.26. The molecule has 2 aromatic rings. The van der Waals surface area contributed by atoms with Gasteiger partial charge in [0.1, 0.15) is 0 Å². The number of carbonyl (C=O) groups is 2. The lowest BCUT2D eigenvalue weighted by atomic mass is 10.1. The number of hydrogen-bond acceptors (Lipinski definition) is 5. The van der Waals surface area contributed by atoms with Crippen LogP contribution in [0.25, 0.3) is 0 Å². The van der Waals surface area contributed by atoms with Gasteiger partial charge in [0.2, 0.25) is 0 Å². The van der Waals surface area contributed by atoms with Crippen LogP contribution < -0.4 is 5.32 Å². The van der Waals surface area contributed by atoms with Gasteiger partial charge < -0.3 is 15.2 Å². The first-order valence-corrected chi connectivity index (χ1v) is 10.1. The van der Waals surface area contributed by atoms with Crippen molar-refractivity contribution < 1.29 is 28.5 Å². The standard InChI is InChI=1S/C20H22NO6P/c1-3-26-14(2)28(25)27-18(13-15-7-5-4-6-8-15)19(22)21-17-11-9-16(10-12-17)20(23)24/h4-12,14,18H,3,13H2,1-2H3,(H-,21,22,23,24)/p+1/t14?,18-/m0/s1. The Labute approximate surface area is 164 Å². The molecule has 1 amide bonds. The molecule has 2 rings (SSSR count). The van der Waals surface area contributed by atoms with Crippen LogP contribution in [-0.4, -0.2) is 35.5 Å². The Balaban J connectivity index is 2.13. The number of rotatable bonds is 10. The minimum atomic E-state index is -2.21. The fraction of sp³-hybridized carbons (Fsp3) is 0.300. The molecule has 0 aliphatic heterocycles. The predicted octanol–water partition coefficient (Wildman–Crippen LogP) is 4.08. The zero-order valence-electron chi connectivity index (χ0n) is 15.7. The van der Waals surface area contributed by atoms with Crippen molar-refractivity contribution in [3.63, 3.8) is 0 Å². The first-order chi connectivity index (χ1) is 13.4. The number of carboxylic acid groups (broad SMARTS) is 1. The van der Waals surface area contributed by atoms with Crippen LogP contribution in [-0.2, 0) is 25.0 Å². The molecule has 0 bridgehead atoms. The highest BCUT2D eigenvalue weighted by atomic mass is 31.1. The van der Waals surface area contributed by atoms with Crippen LogP contribution in [0.2, 0.25) is 0 Å². The van der Waals surface area contributed by atoms with Crippen molar-refractivity contribution in [1.82, 2.24) is 0 Å². The lowest BCUT2D eigenvalue weighted by Gasteiger charge is -2.13. The van der Waals surface area contributed by atoms with Gasteiger partial charge in [0.05, 0.1) is 5.56 Å². The molecule has 0 saturated carbocycles. The van der Waals surface area contributed by atoms with Crippen LogP contribution in [0.5, 0.6) is 0 Å². The van der Waals surface area contributed by atoms with Crippen molar-refractivity contribution in [3.8, 4) is 0 Å². The van der Waals surface area contributed by atoms with Gasteiger partial charge in [0.25, 0.3) is 11.8 Å². The number of benzene rings is 2. The molecule has 0 aliphatic carbocycles. The van der Waals surface area contributed by atoms with Crippen LogP contribution >= 0.6 is 8.03 Å². The second kappa shape index (κ2) is 10.7. The van der Waals surface area contributed by atoms with Crippen molar-refractivity contribution in [2.45, 2.75) is 32.2 Å². The van der Waals surface area contributed by atoms with Crippen molar-refractivity contribution in [3.05, 3.63) is 65.7 Å². The fourth-order valence-electron chi connectivity index (χ4n) is 2.44. The maximum Gasteiger partial charge on any atom is 0.540 e. The number of ether oxygens (including phenoxy) is 1. The van der Waals surface area contributed by atoms with Crippen molar-refractivity contribution >= 4 is 25.6 Å². The largest absolute Gasteiger partial charge is 0.540 e. The van der Waals surface area contributed by atoms with Crippen LogP contribution in [0.4, 0.5) is 5.69 Å². The average molecular weight is 404 g/mol. The number of amides is 1. The summed E-state index contributed by atoms with van der Waals surface area (Å²) >= 11 is 0. The molecule has 3 atom stereocenters. The molecule has 0 aromatic heterocycles. The van der Waals surface area contributed by atoms with Gasteiger partial charge in [-0.3, -0.25) is 4.79 Å². The maximum absolute atomic E-state index is 12.7. The van der Waals surface area contributed by atoms with Crippen LogP contribution in [0.15, 0.2) is 54.6 Å². The van der Waals surface area contributed by atoms with Crippen LogP contribution in [0, 0.1) is 0 Å². The third-order valence-corrected chi connectivity index (χ3v) is 5.10. The average Bonchev–Trinajstić information content (AvgIpc) is 2.68. The Morgan fingerprint density at radius 2 is 1.75 bits per heavy atom. The van der Waals surface area contributed by atoms with Crippen molar-refractivity contribution in [1.29, 1.82) is 0 Å². The SMILES string of the molecule is CCOC(C)[P+](=O)O[C@@H](Cc1ccccc1)C(=O)Nc1ccc(C(=O)O)cc1. The number of carboxylic acids is 1. The van der Waals surface area contributed by atoms with Gasteiger partial charge in [-0.05, 0) is 41.3 Å². The molecule has 8 heteroatoms. The highest BCUT2D eigenvalue weighted by Crippen LogP contribution is 2.33. The van der Waals surface area contributed by atoms with E-state index in [1.165, 1.54) is 24.3 Å². The number of carbonyl (C=O) groups excluding carboxylic acids is 1. The second-order valence-corrected chi connectivity index (χ2v) is 7.50. The van der Waals surface area contributed by atoms with Gasteiger partial charge in [-0.2, -0.15) is 0 Å². The highest BCUT2D eigenvalue weighted by molar-refractivity contribution is 7.39. The summed E-state index contributed by atoms with van der Waals surface area (Å²) in [5.41, 5.74) is 1.39. The van der Waals surface area contributed by atoms with E-state index in [2.05, 4.69) is 5.32 Å². The summed E-state index contributed by atoms with van der Waals surface area (Å²) in [7, 11) is -2.21. The van der Waals surface area contributed by atoms with Gasteiger partial charge >= 0.3 is 14.0 Å². The minimum absolute atomic E-state index is 0.115. The molecule has 0 fully saturated rings. The zero-order valence-corrected chi connectivity index (χ0v) is 16.6. The Hall–Kier alpha value is -2.60. The van der Waals surface area contributed by atoms with E-state index in [4.69, 9.17) is 14.4 Å². The lowest BCUT2D eigenvalue weighted by molar-refractivity contribution is -0.122. The summed E-state index contributed by atoms with van der Waals surface area (Å²) in [5.74, 6) is -2.16. The van der Waals surface area contributed by atoms with E-state index in [0.717, 1.165) is 5.56 Å². The van der Waals surface area contributed by atoms with E-state index in [0.29, 0.717) is 12.3 Å². The zero-order chi connectivity index (χ0) is 20.5. The minimum Gasteiger partial charge on any atom is -0.478 e. The molecule has 7 nitrogen and oxygen atoms in total. The molecule has 0 radical (unpaired) electrons. The summed E-state index contributed by atoms with van der Waals surface area (Å²) in [4.78, 5) is 23.7. The predicted molar refractivity (Wildman–Crippen MR) is 106 cm³/mol. The molecule has 28 heavy (non-hydrogen) atoms. The number of aromatic carboxylic acids is 1. The fourth-order valence-corrected chi connectivity index (χ4v) is 3.30. The van der Waals surface area contributed by atoms with E-state index < -0.39 is 31.9 Å². The van der Waals surface area contributed by atoms with Crippen molar-refractivity contribution in [2.75, 3.05) is 11.9 Å². The summed E-state index contributed by atoms with van der Waals surface area (Å²) in [6.45, 7) is 3.80. The first-order valence-electron chi connectivity index (χ1n) is 8.83. The molecule has 0 spiro atoms. The smallest absolute Gasteiger partial charge is 0.478 e. The molecular formula is C20H23NO6P+. The third kappa shape index (κ3) is 6.53. The van der Waals surface area contributed by atoms with E-state index in [1.54, 1.807) is 13.8 Å². The normalized spacial score (nSPS) is 13.4. The lowest BCUT2D eigenvalue weighted by Crippen LogP contribution is -2.31. The molecule has 2 unspecified atom stereocenters. The molecule has 2 aromatic carbocycles. The van der Waals surface area contributed by atoms with E-state index in [9.17, 15) is 14.2 Å². The highest BCUT2D eigenvalue weighted by Gasteiger charge is 2.36. The molecule has 0 saturated heterocycles. The summed E-state index contributed by atoms with van der Waals surface area (Å²) in [6.07, 6.45) is -0.757.